The van der Waals surface area contributed by atoms with Crippen LogP contribution in [0.4, 0.5) is 13.2 Å². The maximum absolute atomic E-state index is 14.0. The average molecular weight is 504 g/mol. The zero-order valence-corrected chi connectivity index (χ0v) is 19.9. The van der Waals surface area contributed by atoms with Crippen molar-refractivity contribution in [1.82, 2.24) is 25.0 Å². The van der Waals surface area contributed by atoms with Gasteiger partial charge in [-0.05, 0) is 37.0 Å². The Morgan fingerprint density at radius 3 is 2.71 bits per heavy atom. The summed E-state index contributed by atoms with van der Waals surface area (Å²) in [5.41, 5.74) is 1.31. The summed E-state index contributed by atoms with van der Waals surface area (Å²) < 4.78 is 49.4. The molecule has 0 unspecified atom stereocenters. The number of alkyl halides is 3. The van der Waals surface area contributed by atoms with Crippen LogP contribution in [-0.4, -0.2) is 51.9 Å². The van der Waals surface area contributed by atoms with E-state index in [-0.39, 0.29) is 23.9 Å². The molecule has 184 valence electrons. The molecule has 1 amide bonds. The zero-order chi connectivity index (χ0) is 24.3. The van der Waals surface area contributed by atoms with E-state index >= 15 is 0 Å². The van der Waals surface area contributed by atoms with E-state index in [0.717, 1.165) is 27.1 Å². The van der Waals surface area contributed by atoms with Crippen LogP contribution < -0.4 is 5.32 Å². The Labute approximate surface area is 203 Å². The fraction of sp³-hybridized carbons (Fsp3) is 0.458. The highest BCUT2D eigenvalue weighted by Crippen LogP contribution is 2.48. The third kappa shape index (κ3) is 3.76. The molecule has 3 aliphatic rings. The minimum absolute atomic E-state index is 0.0976. The molecule has 0 radical (unpaired) electrons. The maximum atomic E-state index is 14.0. The van der Waals surface area contributed by atoms with Crippen LogP contribution in [0.3, 0.4) is 0 Å². The number of benzene rings is 1. The number of thiophene rings is 1. The first kappa shape index (κ1) is 22.7. The third-order valence-corrected chi connectivity index (χ3v) is 8.35. The maximum Gasteiger partial charge on any atom is 0.416 e. The van der Waals surface area contributed by atoms with E-state index in [4.69, 9.17) is 4.74 Å². The number of halogens is 3. The van der Waals surface area contributed by atoms with Crippen molar-refractivity contribution in [2.75, 3.05) is 26.3 Å². The Balaban J connectivity index is 1.45. The number of amides is 1. The Morgan fingerprint density at radius 2 is 1.94 bits per heavy atom. The van der Waals surface area contributed by atoms with Crippen molar-refractivity contribution in [1.29, 1.82) is 0 Å². The van der Waals surface area contributed by atoms with Gasteiger partial charge in [0.05, 0.1) is 31.4 Å². The highest BCUT2D eigenvalue weighted by Gasteiger charge is 2.42. The third-order valence-electron chi connectivity index (χ3n) is 7.09. The fourth-order valence-electron chi connectivity index (χ4n) is 5.48. The molecule has 0 bridgehead atoms. The Hall–Kier alpha value is -2.76. The van der Waals surface area contributed by atoms with E-state index < -0.39 is 17.8 Å². The van der Waals surface area contributed by atoms with E-state index in [9.17, 15) is 18.0 Å². The summed E-state index contributed by atoms with van der Waals surface area (Å²) in [7, 11) is 0. The summed E-state index contributed by atoms with van der Waals surface area (Å²) in [6.45, 7) is 4.35. The van der Waals surface area contributed by atoms with Gasteiger partial charge in [0.2, 0.25) is 5.91 Å². The lowest BCUT2D eigenvalue weighted by molar-refractivity contribution is -0.139. The lowest BCUT2D eigenvalue weighted by Gasteiger charge is -2.29. The Bertz CT molecular complexity index is 1290. The SMILES string of the molecule is Cc1nnc2n1-c1sc3c(c1[C@H](c1ccccc1C(F)(F)F)NC2)C[C@H](C(=O)N1CCOCC1)C3. The minimum atomic E-state index is -4.48. The number of fused-ring (bicyclic) bond motifs is 5. The molecule has 6 rings (SSSR count). The molecule has 2 atom stereocenters. The van der Waals surface area contributed by atoms with Gasteiger partial charge in [-0.15, -0.1) is 21.5 Å². The van der Waals surface area contributed by atoms with Crippen LogP contribution in [0, 0.1) is 12.8 Å². The molecule has 0 saturated carbocycles. The first-order valence-corrected chi connectivity index (χ1v) is 12.5. The molecule has 1 fully saturated rings. The molecule has 1 N–H and O–H groups in total. The van der Waals surface area contributed by atoms with Gasteiger partial charge in [0.1, 0.15) is 10.8 Å². The number of nitrogens with zero attached hydrogens (tertiary/aromatic N) is 4. The summed E-state index contributed by atoms with van der Waals surface area (Å²) in [4.78, 5) is 16.1. The highest BCUT2D eigenvalue weighted by molar-refractivity contribution is 7.15. The minimum Gasteiger partial charge on any atom is -0.378 e. The van der Waals surface area contributed by atoms with Crippen molar-refractivity contribution in [3.05, 3.63) is 63.0 Å². The molecule has 1 aliphatic carbocycles. The summed E-state index contributed by atoms with van der Waals surface area (Å²) in [5, 5.41) is 12.6. The van der Waals surface area contributed by atoms with Crippen LogP contribution in [0.15, 0.2) is 24.3 Å². The number of nitrogens with one attached hydrogen (secondary N) is 1. The lowest BCUT2D eigenvalue weighted by atomic mass is 9.91. The molecule has 0 spiro atoms. The second kappa shape index (κ2) is 8.42. The summed E-state index contributed by atoms with van der Waals surface area (Å²) in [6.07, 6.45) is -3.38. The largest absolute Gasteiger partial charge is 0.416 e. The van der Waals surface area contributed by atoms with Gasteiger partial charge < -0.3 is 9.64 Å². The highest BCUT2D eigenvalue weighted by atomic mass is 32.1. The smallest absolute Gasteiger partial charge is 0.378 e. The number of aryl methyl sites for hydroxylation is 1. The van der Waals surface area contributed by atoms with E-state index in [1.165, 1.54) is 6.07 Å². The van der Waals surface area contributed by atoms with Crippen molar-refractivity contribution in [3.63, 3.8) is 0 Å². The van der Waals surface area contributed by atoms with Gasteiger partial charge in [0.25, 0.3) is 0 Å². The molecular weight excluding hydrogens is 479 g/mol. The van der Waals surface area contributed by atoms with Crippen molar-refractivity contribution < 1.29 is 22.7 Å². The van der Waals surface area contributed by atoms with Gasteiger partial charge in [-0.3, -0.25) is 14.7 Å². The molecule has 4 heterocycles. The summed E-state index contributed by atoms with van der Waals surface area (Å²) in [6, 6.07) is 5.04. The normalized spacial score (nSPS) is 21.9. The molecule has 1 aromatic carbocycles. The van der Waals surface area contributed by atoms with Gasteiger partial charge in [0, 0.05) is 29.4 Å². The predicted molar refractivity (Wildman–Crippen MR) is 122 cm³/mol. The number of hydrogen-bond donors (Lipinski definition) is 1. The first-order chi connectivity index (χ1) is 16.8. The topological polar surface area (TPSA) is 72.3 Å². The molecule has 11 heteroatoms. The van der Waals surface area contributed by atoms with Gasteiger partial charge in [-0.25, -0.2) is 0 Å². The number of carbonyl (C=O) groups excluding carboxylic acids is 1. The molecule has 2 aromatic heterocycles. The van der Waals surface area contributed by atoms with E-state index in [1.807, 2.05) is 16.4 Å². The molecule has 2 aliphatic heterocycles. The molecule has 3 aromatic rings. The van der Waals surface area contributed by atoms with Gasteiger partial charge in [-0.1, -0.05) is 18.2 Å². The van der Waals surface area contributed by atoms with Crippen LogP contribution >= 0.6 is 11.3 Å². The van der Waals surface area contributed by atoms with Crippen molar-refractivity contribution in [3.8, 4) is 5.00 Å². The number of aromatic nitrogens is 3. The van der Waals surface area contributed by atoms with Crippen molar-refractivity contribution in [2.45, 2.75) is 38.5 Å². The number of morpholine rings is 1. The summed E-state index contributed by atoms with van der Waals surface area (Å²) in [5.74, 6) is 1.24. The second-order valence-corrected chi connectivity index (χ2v) is 10.2. The molecule has 7 nitrogen and oxygen atoms in total. The number of hydrogen-bond acceptors (Lipinski definition) is 6. The molecule has 35 heavy (non-hydrogen) atoms. The average Bonchev–Trinajstić information content (AvgIpc) is 3.49. The molecular formula is C24H24F3N5O2S. The van der Waals surface area contributed by atoms with Crippen LogP contribution in [0.25, 0.3) is 5.00 Å². The van der Waals surface area contributed by atoms with Crippen LogP contribution in [0.5, 0.6) is 0 Å². The Morgan fingerprint density at radius 1 is 1.17 bits per heavy atom. The van der Waals surface area contributed by atoms with Crippen LogP contribution in [0.1, 0.15) is 44.8 Å². The predicted octanol–water partition coefficient (Wildman–Crippen LogP) is 3.42. The van der Waals surface area contributed by atoms with E-state index in [1.54, 1.807) is 23.5 Å². The standard InChI is InChI=1S/C24H24F3N5O2S/c1-13-29-30-19-12-28-21(15-4-2-3-5-17(15)24(25,26)27)20-16-10-14(11-18(16)35-23(20)32(13)19)22(33)31-6-8-34-9-7-31/h2-5,14,21,28H,6-12H2,1H3/t14-,21-/m0/s1. The van der Waals surface area contributed by atoms with Crippen LogP contribution in [0.2, 0.25) is 0 Å². The van der Waals surface area contributed by atoms with Gasteiger partial charge in [0.15, 0.2) is 5.82 Å². The Kier molecular flexibility index (Phi) is 5.46. The van der Waals surface area contributed by atoms with Gasteiger partial charge >= 0.3 is 6.18 Å². The molecule has 1 saturated heterocycles. The van der Waals surface area contributed by atoms with Crippen molar-refractivity contribution >= 4 is 17.2 Å². The monoisotopic (exact) mass is 503 g/mol. The number of carbonyl (C=O) groups is 1. The lowest BCUT2D eigenvalue weighted by Crippen LogP contribution is -2.44. The van der Waals surface area contributed by atoms with E-state index in [2.05, 4.69) is 15.5 Å². The zero-order valence-electron chi connectivity index (χ0n) is 19.1. The van der Waals surface area contributed by atoms with E-state index in [0.29, 0.717) is 50.8 Å². The first-order valence-electron chi connectivity index (χ1n) is 11.6. The summed E-state index contributed by atoms with van der Waals surface area (Å²) >= 11 is 1.55. The fourth-order valence-corrected chi connectivity index (χ4v) is 6.99. The van der Waals surface area contributed by atoms with Gasteiger partial charge in [-0.2, -0.15) is 13.2 Å². The second-order valence-electron chi connectivity index (χ2n) is 9.16. The van der Waals surface area contributed by atoms with Crippen LogP contribution in [-0.2, 0) is 35.1 Å². The number of ether oxygens (including phenoxy) is 1. The van der Waals surface area contributed by atoms with Crippen molar-refractivity contribution in [2.24, 2.45) is 5.92 Å². The quantitative estimate of drug-likeness (QED) is 0.580. The number of rotatable bonds is 2.